The van der Waals surface area contributed by atoms with Gasteiger partial charge in [0.2, 0.25) is 5.91 Å². The summed E-state index contributed by atoms with van der Waals surface area (Å²) in [5.41, 5.74) is 1.78. The van der Waals surface area contributed by atoms with E-state index in [0.29, 0.717) is 17.9 Å². The van der Waals surface area contributed by atoms with Crippen LogP contribution in [0.4, 0.5) is 5.69 Å². The maximum absolute atomic E-state index is 12.1. The summed E-state index contributed by atoms with van der Waals surface area (Å²) in [5, 5.41) is 11.4. The molecule has 0 saturated carbocycles. The number of carbonyl (C=O) groups is 2. The molecule has 0 aliphatic rings. The summed E-state index contributed by atoms with van der Waals surface area (Å²) in [4.78, 5) is 22.5. The Kier molecular flexibility index (Phi) is 5.74. The van der Waals surface area contributed by atoms with Crippen LogP contribution in [0.25, 0.3) is 0 Å². The Morgan fingerprint density at radius 1 is 1.09 bits per heavy atom. The van der Waals surface area contributed by atoms with Crippen LogP contribution in [0, 0.1) is 0 Å². The molecule has 0 saturated heterocycles. The normalized spacial score (nSPS) is 11.5. The average molecular weight is 313 g/mol. The Bertz CT molecular complexity index is 652. The number of carboxylic acid groups (broad SMARTS) is 1. The van der Waals surface area contributed by atoms with Crippen LogP contribution in [-0.4, -0.2) is 23.6 Å². The van der Waals surface area contributed by atoms with E-state index in [-0.39, 0.29) is 18.4 Å². The van der Waals surface area contributed by atoms with Crippen molar-refractivity contribution in [1.82, 2.24) is 0 Å². The Hall–Kier alpha value is -2.82. The highest BCUT2D eigenvalue weighted by atomic mass is 16.5. The van der Waals surface area contributed by atoms with Crippen molar-refractivity contribution in [2.75, 3.05) is 11.9 Å². The lowest BCUT2D eigenvalue weighted by molar-refractivity contribution is -0.139. The highest BCUT2D eigenvalue weighted by Gasteiger charge is 2.11. The third-order valence-corrected chi connectivity index (χ3v) is 3.36. The molecule has 0 spiro atoms. The van der Waals surface area contributed by atoms with E-state index in [9.17, 15) is 9.59 Å². The predicted molar refractivity (Wildman–Crippen MR) is 87.7 cm³/mol. The van der Waals surface area contributed by atoms with Crippen molar-refractivity contribution in [2.45, 2.75) is 19.3 Å². The molecular formula is C18H19NO4. The summed E-state index contributed by atoms with van der Waals surface area (Å²) >= 11 is 0. The van der Waals surface area contributed by atoms with E-state index in [1.54, 1.807) is 24.3 Å². The zero-order valence-corrected chi connectivity index (χ0v) is 12.9. The summed E-state index contributed by atoms with van der Waals surface area (Å²) in [7, 11) is 0. The second kappa shape index (κ2) is 7.98. The number of amides is 1. The average Bonchev–Trinajstić information content (AvgIpc) is 2.55. The Morgan fingerprint density at radius 2 is 1.74 bits per heavy atom. The van der Waals surface area contributed by atoms with Gasteiger partial charge >= 0.3 is 5.97 Å². The van der Waals surface area contributed by atoms with Crippen molar-refractivity contribution in [2.24, 2.45) is 0 Å². The number of hydrogen-bond acceptors (Lipinski definition) is 3. The number of nitrogens with one attached hydrogen (secondary N) is 1. The topological polar surface area (TPSA) is 75.6 Å². The van der Waals surface area contributed by atoms with Crippen molar-refractivity contribution < 1.29 is 19.4 Å². The number of carbonyl (C=O) groups excluding carboxylic acids is 1. The number of benzene rings is 2. The molecule has 120 valence electrons. The molecule has 0 aliphatic heterocycles. The number of rotatable bonds is 7. The van der Waals surface area contributed by atoms with Gasteiger partial charge in [0.15, 0.2) is 6.61 Å². The quantitative estimate of drug-likeness (QED) is 0.822. The molecule has 0 unspecified atom stereocenters. The first-order valence-corrected chi connectivity index (χ1v) is 7.34. The summed E-state index contributed by atoms with van der Waals surface area (Å²) in [6.45, 7) is 1.62. The first-order valence-electron chi connectivity index (χ1n) is 7.34. The Balaban J connectivity index is 1.86. The van der Waals surface area contributed by atoms with Crippen molar-refractivity contribution in [1.29, 1.82) is 0 Å². The molecule has 0 radical (unpaired) electrons. The molecular weight excluding hydrogens is 294 g/mol. The Labute approximate surface area is 134 Å². The van der Waals surface area contributed by atoms with Gasteiger partial charge in [-0.15, -0.1) is 0 Å². The smallest absolute Gasteiger partial charge is 0.341 e. The van der Waals surface area contributed by atoms with E-state index in [4.69, 9.17) is 9.84 Å². The number of hydrogen-bond donors (Lipinski definition) is 2. The fraction of sp³-hybridized carbons (Fsp3) is 0.222. The summed E-state index contributed by atoms with van der Waals surface area (Å²) < 4.78 is 5.04. The minimum Gasteiger partial charge on any atom is -0.482 e. The van der Waals surface area contributed by atoms with Crippen molar-refractivity contribution in [3.05, 3.63) is 60.2 Å². The maximum Gasteiger partial charge on any atom is 0.341 e. The van der Waals surface area contributed by atoms with Gasteiger partial charge in [0.1, 0.15) is 5.75 Å². The van der Waals surface area contributed by atoms with Gasteiger partial charge < -0.3 is 15.2 Å². The minimum absolute atomic E-state index is 0.0689. The molecule has 2 N–H and O–H groups in total. The van der Waals surface area contributed by atoms with Gasteiger partial charge in [0.05, 0.1) is 0 Å². The third-order valence-electron chi connectivity index (χ3n) is 3.36. The molecule has 1 atom stereocenters. The lowest BCUT2D eigenvalue weighted by atomic mass is 9.97. The van der Waals surface area contributed by atoms with Crippen LogP contribution in [0.2, 0.25) is 0 Å². The molecule has 0 bridgehead atoms. The first kappa shape index (κ1) is 16.5. The maximum atomic E-state index is 12.1. The summed E-state index contributed by atoms with van der Waals surface area (Å²) in [6.07, 6.45) is 0.390. The van der Waals surface area contributed by atoms with Crippen LogP contribution in [-0.2, 0) is 9.59 Å². The summed E-state index contributed by atoms with van der Waals surface area (Å²) in [6, 6.07) is 16.5. The van der Waals surface area contributed by atoms with E-state index >= 15 is 0 Å². The van der Waals surface area contributed by atoms with Gasteiger partial charge in [-0.3, -0.25) is 4.79 Å². The Morgan fingerprint density at radius 3 is 2.35 bits per heavy atom. The van der Waals surface area contributed by atoms with E-state index in [0.717, 1.165) is 5.56 Å². The zero-order valence-electron chi connectivity index (χ0n) is 12.9. The highest BCUT2D eigenvalue weighted by molar-refractivity contribution is 5.91. The molecule has 2 aromatic carbocycles. The van der Waals surface area contributed by atoms with Crippen LogP contribution in [0.1, 0.15) is 24.8 Å². The lowest BCUT2D eigenvalue weighted by Gasteiger charge is -2.12. The lowest BCUT2D eigenvalue weighted by Crippen LogP contribution is -2.14. The van der Waals surface area contributed by atoms with E-state index in [1.807, 2.05) is 37.3 Å². The largest absolute Gasteiger partial charge is 0.482 e. The molecule has 5 nitrogen and oxygen atoms in total. The van der Waals surface area contributed by atoms with Crippen molar-refractivity contribution in [3.8, 4) is 5.75 Å². The van der Waals surface area contributed by atoms with Gasteiger partial charge in [0.25, 0.3) is 0 Å². The number of anilines is 1. The molecule has 2 aromatic rings. The van der Waals surface area contributed by atoms with Gasteiger partial charge in [-0.2, -0.15) is 0 Å². The second-order valence-corrected chi connectivity index (χ2v) is 5.27. The number of carboxylic acids is 1. The van der Waals surface area contributed by atoms with Gasteiger partial charge in [-0.1, -0.05) is 37.3 Å². The molecule has 0 heterocycles. The standard InChI is InChI=1S/C18H19NO4/c1-13(14-5-3-2-4-6-14)11-17(20)19-15-7-9-16(10-8-15)23-12-18(21)22/h2-10,13H,11-12H2,1H3,(H,19,20)(H,21,22)/t13-/m1/s1. The fourth-order valence-electron chi connectivity index (χ4n) is 2.17. The van der Waals surface area contributed by atoms with Crippen LogP contribution < -0.4 is 10.1 Å². The SMILES string of the molecule is C[C@H](CC(=O)Nc1ccc(OCC(=O)O)cc1)c1ccccc1. The van der Waals surface area contributed by atoms with Gasteiger partial charge in [0, 0.05) is 12.1 Å². The molecule has 5 heteroatoms. The molecule has 1 amide bonds. The van der Waals surface area contributed by atoms with Crippen LogP contribution in [0.15, 0.2) is 54.6 Å². The number of ether oxygens (including phenoxy) is 1. The minimum atomic E-state index is -1.03. The molecule has 2 rings (SSSR count). The fourth-order valence-corrected chi connectivity index (χ4v) is 2.17. The van der Waals surface area contributed by atoms with Gasteiger partial charge in [-0.25, -0.2) is 4.79 Å². The molecule has 0 aromatic heterocycles. The first-order chi connectivity index (χ1) is 11.0. The second-order valence-electron chi connectivity index (χ2n) is 5.27. The van der Waals surface area contributed by atoms with Crippen molar-refractivity contribution >= 4 is 17.6 Å². The molecule has 23 heavy (non-hydrogen) atoms. The van der Waals surface area contributed by atoms with E-state index < -0.39 is 5.97 Å². The number of aliphatic carboxylic acids is 1. The van der Waals surface area contributed by atoms with E-state index in [2.05, 4.69) is 5.32 Å². The highest BCUT2D eigenvalue weighted by Crippen LogP contribution is 2.20. The third kappa shape index (κ3) is 5.47. The van der Waals surface area contributed by atoms with Crippen LogP contribution in [0.5, 0.6) is 5.75 Å². The molecule has 0 fully saturated rings. The van der Waals surface area contributed by atoms with Crippen LogP contribution >= 0.6 is 0 Å². The summed E-state index contributed by atoms with van der Waals surface area (Å²) in [5.74, 6) is -0.518. The van der Waals surface area contributed by atoms with Crippen LogP contribution in [0.3, 0.4) is 0 Å². The zero-order chi connectivity index (χ0) is 16.7. The van der Waals surface area contributed by atoms with Crippen molar-refractivity contribution in [3.63, 3.8) is 0 Å². The monoisotopic (exact) mass is 313 g/mol. The van der Waals surface area contributed by atoms with Gasteiger partial charge in [-0.05, 0) is 35.7 Å². The predicted octanol–water partition coefficient (Wildman–Crippen LogP) is 3.28. The molecule has 0 aliphatic carbocycles. The van der Waals surface area contributed by atoms with E-state index in [1.165, 1.54) is 0 Å².